The molecule has 0 amide bonds. The molecule has 0 spiro atoms. The molecule has 2 heterocycles. The van der Waals surface area contributed by atoms with Crippen LogP contribution in [0.4, 0.5) is 4.39 Å². The summed E-state index contributed by atoms with van der Waals surface area (Å²) in [7, 11) is 1.40. The number of methoxy groups -OCH3 is 1. The first kappa shape index (κ1) is 22.0. The van der Waals surface area contributed by atoms with E-state index < -0.39 is 17.8 Å². The number of pyridine rings is 1. The number of nitrogens with zero attached hydrogens (tertiary/aromatic N) is 3. The molecule has 0 aliphatic heterocycles. The van der Waals surface area contributed by atoms with Gasteiger partial charge in [0.25, 0.3) is 0 Å². The summed E-state index contributed by atoms with van der Waals surface area (Å²) < 4.78 is 21.0. The van der Waals surface area contributed by atoms with Crippen molar-refractivity contribution in [3.63, 3.8) is 0 Å². The van der Waals surface area contributed by atoms with Crippen LogP contribution in [-0.4, -0.2) is 33.0 Å². The zero-order chi connectivity index (χ0) is 22.5. The fraction of sp³-hybridized carbons (Fsp3) is 0.400. The Morgan fingerprint density at radius 1 is 1.19 bits per heavy atom. The number of carboxylic acid groups (broad SMARTS) is 1. The van der Waals surface area contributed by atoms with Crippen LogP contribution in [0, 0.1) is 5.82 Å². The average molecular weight is 438 g/mol. The Bertz CT molecular complexity index is 1100. The lowest BCUT2D eigenvalue weighted by atomic mass is 9.95. The lowest BCUT2D eigenvalue weighted by Gasteiger charge is -2.20. The zero-order valence-electron chi connectivity index (χ0n) is 18.3. The molecule has 1 aliphatic rings. The van der Waals surface area contributed by atoms with Gasteiger partial charge in [-0.15, -0.1) is 0 Å². The van der Waals surface area contributed by atoms with Crippen LogP contribution in [-0.2, 0) is 30.5 Å². The summed E-state index contributed by atoms with van der Waals surface area (Å²) in [5, 5.41) is 13.8. The number of fused-ring (bicyclic) bond motifs is 1. The van der Waals surface area contributed by atoms with Crippen LogP contribution in [0.3, 0.4) is 0 Å². The van der Waals surface area contributed by atoms with Gasteiger partial charge in [-0.1, -0.05) is 12.1 Å². The zero-order valence-corrected chi connectivity index (χ0v) is 18.3. The lowest BCUT2D eigenvalue weighted by molar-refractivity contribution is -0.137. The van der Waals surface area contributed by atoms with Gasteiger partial charge in [0.1, 0.15) is 0 Å². The number of carboxylic acids is 1. The summed E-state index contributed by atoms with van der Waals surface area (Å²) in [4.78, 5) is 16.4. The van der Waals surface area contributed by atoms with Crippen molar-refractivity contribution in [1.82, 2.24) is 14.8 Å². The van der Waals surface area contributed by atoms with Crippen molar-refractivity contribution in [1.29, 1.82) is 0 Å². The van der Waals surface area contributed by atoms with Crippen LogP contribution in [0.15, 0.2) is 42.6 Å². The summed E-state index contributed by atoms with van der Waals surface area (Å²) in [6.07, 6.45) is 8.56. The van der Waals surface area contributed by atoms with Crippen LogP contribution in [0.5, 0.6) is 5.75 Å². The second-order valence-electron chi connectivity index (χ2n) is 8.24. The molecule has 0 saturated carbocycles. The van der Waals surface area contributed by atoms with Crippen LogP contribution in [0.1, 0.15) is 59.9 Å². The van der Waals surface area contributed by atoms with Gasteiger partial charge < -0.3 is 9.84 Å². The van der Waals surface area contributed by atoms with Crippen molar-refractivity contribution in [3.05, 3.63) is 76.6 Å². The molecular weight excluding hydrogens is 409 g/mol. The number of rotatable bonds is 9. The van der Waals surface area contributed by atoms with Crippen LogP contribution < -0.4 is 4.74 Å². The normalized spacial score (nSPS) is 14.1. The van der Waals surface area contributed by atoms with Crippen molar-refractivity contribution in [2.75, 3.05) is 7.11 Å². The second-order valence-corrected chi connectivity index (χ2v) is 8.24. The van der Waals surface area contributed by atoms with E-state index in [0.717, 1.165) is 43.5 Å². The standard InChI is InChI=1S/C25H28FN3O3/c1-32-24-12-10-18(15-21(24)26)23(16-25(30)31)29-20(13-14-27-29)7-4-6-19-11-9-17-5-2-3-8-22(17)28-19/h9-15,23H,2-8,16H2,1H3,(H,30,31). The molecule has 3 aromatic rings. The maximum Gasteiger partial charge on any atom is 0.305 e. The van der Waals surface area contributed by atoms with Gasteiger partial charge in [0.15, 0.2) is 11.6 Å². The Hall–Kier alpha value is -3.22. The van der Waals surface area contributed by atoms with E-state index in [0.29, 0.717) is 5.56 Å². The van der Waals surface area contributed by atoms with Crippen molar-refractivity contribution in [3.8, 4) is 5.75 Å². The smallest absolute Gasteiger partial charge is 0.305 e. The molecule has 32 heavy (non-hydrogen) atoms. The summed E-state index contributed by atoms with van der Waals surface area (Å²) in [5.41, 5.74) is 5.18. The van der Waals surface area contributed by atoms with Gasteiger partial charge in [-0.3, -0.25) is 14.5 Å². The number of carbonyl (C=O) groups is 1. The summed E-state index contributed by atoms with van der Waals surface area (Å²) in [5.74, 6) is -1.36. The second kappa shape index (κ2) is 9.94. The minimum atomic E-state index is -0.967. The van der Waals surface area contributed by atoms with Gasteiger partial charge in [0.05, 0.1) is 19.6 Å². The highest BCUT2D eigenvalue weighted by atomic mass is 19.1. The molecule has 0 radical (unpaired) electrons. The number of aryl methyl sites for hydroxylation is 4. The third-order valence-corrected chi connectivity index (χ3v) is 6.08. The van der Waals surface area contributed by atoms with Crippen LogP contribution in [0.2, 0.25) is 0 Å². The highest BCUT2D eigenvalue weighted by Gasteiger charge is 2.22. The van der Waals surface area contributed by atoms with Gasteiger partial charge in [-0.25, -0.2) is 4.39 Å². The highest BCUT2D eigenvalue weighted by molar-refractivity contribution is 5.68. The van der Waals surface area contributed by atoms with E-state index in [-0.39, 0.29) is 12.2 Å². The van der Waals surface area contributed by atoms with Crippen LogP contribution in [0.25, 0.3) is 0 Å². The fourth-order valence-corrected chi connectivity index (χ4v) is 4.44. The molecule has 7 heteroatoms. The van der Waals surface area contributed by atoms with E-state index in [4.69, 9.17) is 9.72 Å². The highest BCUT2D eigenvalue weighted by Crippen LogP contribution is 2.28. The minimum absolute atomic E-state index is 0.126. The van der Waals surface area contributed by atoms with E-state index in [1.807, 2.05) is 6.07 Å². The first-order valence-electron chi connectivity index (χ1n) is 11.1. The number of ether oxygens (including phenoxy) is 1. The Morgan fingerprint density at radius 3 is 2.81 bits per heavy atom. The molecule has 1 unspecified atom stereocenters. The van der Waals surface area contributed by atoms with Gasteiger partial charge >= 0.3 is 5.97 Å². The van der Waals surface area contributed by atoms with Gasteiger partial charge in [-0.05, 0) is 80.3 Å². The van der Waals surface area contributed by atoms with Gasteiger partial charge in [0, 0.05) is 23.3 Å². The number of hydrogen-bond donors (Lipinski definition) is 1. The number of hydrogen-bond acceptors (Lipinski definition) is 4. The maximum atomic E-state index is 14.3. The van der Waals surface area contributed by atoms with E-state index in [1.165, 1.54) is 43.3 Å². The van der Waals surface area contributed by atoms with Crippen molar-refractivity contribution < 1.29 is 19.0 Å². The molecule has 0 bridgehead atoms. The Morgan fingerprint density at radius 2 is 2.03 bits per heavy atom. The van der Waals surface area contributed by atoms with E-state index in [1.54, 1.807) is 16.9 Å². The fourth-order valence-electron chi connectivity index (χ4n) is 4.44. The molecule has 1 N–H and O–H groups in total. The number of halogens is 1. The van der Waals surface area contributed by atoms with Crippen molar-refractivity contribution >= 4 is 5.97 Å². The molecule has 1 aromatic carbocycles. The topological polar surface area (TPSA) is 77.2 Å². The Kier molecular flexibility index (Phi) is 6.83. The van der Waals surface area contributed by atoms with Crippen molar-refractivity contribution in [2.45, 2.75) is 57.4 Å². The van der Waals surface area contributed by atoms with Crippen molar-refractivity contribution in [2.24, 2.45) is 0 Å². The van der Waals surface area contributed by atoms with E-state index in [9.17, 15) is 14.3 Å². The van der Waals surface area contributed by atoms with Gasteiger partial charge in [-0.2, -0.15) is 5.10 Å². The SMILES string of the molecule is COc1ccc(C(CC(=O)O)n2nccc2CCCc2ccc3c(n2)CCCC3)cc1F. The molecule has 4 rings (SSSR count). The molecule has 1 atom stereocenters. The Labute approximate surface area is 187 Å². The third-order valence-electron chi connectivity index (χ3n) is 6.08. The number of aromatic nitrogens is 3. The predicted molar refractivity (Wildman–Crippen MR) is 118 cm³/mol. The quantitative estimate of drug-likeness (QED) is 0.532. The molecule has 1 aliphatic carbocycles. The van der Waals surface area contributed by atoms with Gasteiger partial charge in [0.2, 0.25) is 0 Å². The van der Waals surface area contributed by atoms with E-state index in [2.05, 4.69) is 17.2 Å². The molecule has 0 saturated heterocycles. The first-order chi connectivity index (χ1) is 15.5. The first-order valence-corrected chi connectivity index (χ1v) is 11.1. The minimum Gasteiger partial charge on any atom is -0.494 e. The third kappa shape index (κ3) is 4.98. The molecule has 168 valence electrons. The predicted octanol–water partition coefficient (Wildman–Crippen LogP) is 4.54. The number of aliphatic carboxylic acids is 1. The largest absolute Gasteiger partial charge is 0.494 e. The lowest BCUT2D eigenvalue weighted by Crippen LogP contribution is -2.19. The number of benzene rings is 1. The maximum absolute atomic E-state index is 14.3. The summed E-state index contributed by atoms with van der Waals surface area (Å²) >= 11 is 0. The molecule has 2 aromatic heterocycles. The molecular formula is C25H28FN3O3. The molecule has 0 fully saturated rings. The average Bonchev–Trinajstić information content (AvgIpc) is 3.25. The summed E-state index contributed by atoms with van der Waals surface area (Å²) in [6, 6.07) is 10.2. The monoisotopic (exact) mass is 437 g/mol. The van der Waals surface area contributed by atoms with Crippen LogP contribution >= 0.6 is 0 Å². The summed E-state index contributed by atoms with van der Waals surface area (Å²) in [6.45, 7) is 0. The molecule has 6 nitrogen and oxygen atoms in total. The Balaban J connectivity index is 1.49. The van der Waals surface area contributed by atoms with E-state index >= 15 is 0 Å².